The second-order valence-electron chi connectivity index (χ2n) is 6.54. The maximum absolute atomic E-state index is 12.3. The molecule has 0 unspecified atom stereocenters. The Bertz CT molecular complexity index is 811. The molecule has 1 heterocycles. The van der Waals surface area contributed by atoms with Crippen molar-refractivity contribution in [3.8, 4) is 5.75 Å². The van der Waals surface area contributed by atoms with E-state index in [1.165, 1.54) is 16.9 Å². The SMILES string of the molecule is CCOC(=O)c1cc(CC)sc1NC(=O)COc1ccc(C(C)C)c(C)c1. The van der Waals surface area contributed by atoms with Crippen molar-refractivity contribution in [3.63, 3.8) is 0 Å². The molecule has 0 saturated carbocycles. The molecule has 6 heteroatoms. The van der Waals surface area contributed by atoms with Crippen LogP contribution in [0.1, 0.15) is 60.0 Å². The fourth-order valence-corrected chi connectivity index (χ4v) is 3.77. The highest BCUT2D eigenvalue weighted by molar-refractivity contribution is 7.16. The van der Waals surface area contributed by atoms with Gasteiger partial charge in [-0.25, -0.2) is 4.79 Å². The number of ether oxygens (including phenoxy) is 2. The third-order valence-electron chi connectivity index (χ3n) is 4.11. The van der Waals surface area contributed by atoms with Crippen LogP contribution < -0.4 is 10.1 Å². The predicted molar refractivity (Wildman–Crippen MR) is 109 cm³/mol. The Balaban J connectivity index is 2.02. The molecule has 2 aromatic rings. The molecule has 2 rings (SSSR count). The summed E-state index contributed by atoms with van der Waals surface area (Å²) in [6.45, 7) is 10.2. The van der Waals surface area contributed by atoms with Gasteiger partial charge in [-0.05, 0) is 55.5 Å². The van der Waals surface area contributed by atoms with Crippen molar-refractivity contribution >= 4 is 28.2 Å². The normalized spacial score (nSPS) is 10.7. The number of hydrogen-bond acceptors (Lipinski definition) is 5. The van der Waals surface area contributed by atoms with E-state index in [-0.39, 0.29) is 12.5 Å². The Kier molecular flexibility index (Phi) is 7.42. The number of rotatable bonds is 8. The number of thiophene rings is 1. The zero-order chi connectivity index (χ0) is 20.0. The first-order chi connectivity index (χ1) is 12.8. The number of amides is 1. The van der Waals surface area contributed by atoms with Crippen LogP contribution in [0.3, 0.4) is 0 Å². The van der Waals surface area contributed by atoms with Gasteiger partial charge in [0, 0.05) is 4.88 Å². The van der Waals surface area contributed by atoms with Gasteiger partial charge in [0.25, 0.3) is 5.91 Å². The number of benzene rings is 1. The fourth-order valence-electron chi connectivity index (χ4n) is 2.77. The summed E-state index contributed by atoms with van der Waals surface area (Å²) in [6.07, 6.45) is 0.783. The molecule has 0 spiro atoms. The van der Waals surface area contributed by atoms with Crippen LogP contribution in [0.2, 0.25) is 0 Å². The number of aryl methyl sites for hydroxylation is 2. The number of hydrogen-bond donors (Lipinski definition) is 1. The van der Waals surface area contributed by atoms with Gasteiger partial charge in [0.1, 0.15) is 10.8 Å². The van der Waals surface area contributed by atoms with Crippen molar-refractivity contribution in [1.29, 1.82) is 0 Å². The van der Waals surface area contributed by atoms with E-state index in [4.69, 9.17) is 9.47 Å². The maximum Gasteiger partial charge on any atom is 0.341 e. The highest BCUT2D eigenvalue weighted by atomic mass is 32.1. The quantitative estimate of drug-likeness (QED) is 0.650. The maximum atomic E-state index is 12.3. The lowest BCUT2D eigenvalue weighted by Gasteiger charge is -2.12. The topological polar surface area (TPSA) is 64.6 Å². The van der Waals surface area contributed by atoms with Crippen LogP contribution in [0.25, 0.3) is 0 Å². The first kappa shape index (κ1) is 21.0. The van der Waals surface area contributed by atoms with Crippen LogP contribution in [-0.4, -0.2) is 25.1 Å². The van der Waals surface area contributed by atoms with Gasteiger partial charge in [-0.2, -0.15) is 0 Å². The average Bonchev–Trinajstić information content (AvgIpc) is 3.03. The molecule has 27 heavy (non-hydrogen) atoms. The van der Waals surface area contributed by atoms with E-state index in [1.54, 1.807) is 13.0 Å². The lowest BCUT2D eigenvalue weighted by Crippen LogP contribution is -2.21. The van der Waals surface area contributed by atoms with Crippen molar-refractivity contribution in [1.82, 2.24) is 0 Å². The highest BCUT2D eigenvalue weighted by Crippen LogP contribution is 2.29. The average molecular weight is 390 g/mol. The van der Waals surface area contributed by atoms with Gasteiger partial charge in [0.05, 0.1) is 12.2 Å². The molecule has 1 N–H and O–H groups in total. The van der Waals surface area contributed by atoms with E-state index >= 15 is 0 Å². The van der Waals surface area contributed by atoms with Crippen molar-refractivity contribution in [2.45, 2.75) is 47.0 Å². The molecule has 5 nitrogen and oxygen atoms in total. The Hall–Kier alpha value is -2.34. The van der Waals surface area contributed by atoms with E-state index in [0.29, 0.717) is 28.8 Å². The Morgan fingerprint density at radius 3 is 2.52 bits per heavy atom. The Labute approximate surface area is 164 Å². The van der Waals surface area contributed by atoms with Crippen molar-refractivity contribution in [2.24, 2.45) is 0 Å². The first-order valence-electron chi connectivity index (χ1n) is 9.18. The predicted octanol–water partition coefficient (Wildman–Crippen LogP) is 4.94. The van der Waals surface area contributed by atoms with Crippen LogP contribution in [0.5, 0.6) is 5.75 Å². The minimum atomic E-state index is -0.426. The zero-order valence-electron chi connectivity index (χ0n) is 16.5. The third kappa shape index (κ3) is 5.57. The minimum absolute atomic E-state index is 0.123. The lowest BCUT2D eigenvalue weighted by molar-refractivity contribution is -0.118. The molecule has 0 aliphatic heterocycles. The summed E-state index contributed by atoms with van der Waals surface area (Å²) in [6, 6.07) is 7.61. The molecule has 1 aromatic heterocycles. The van der Waals surface area contributed by atoms with Gasteiger partial charge in [-0.3, -0.25) is 4.79 Å². The van der Waals surface area contributed by atoms with Crippen LogP contribution in [0.4, 0.5) is 5.00 Å². The van der Waals surface area contributed by atoms with Crippen LogP contribution in [0.15, 0.2) is 24.3 Å². The van der Waals surface area contributed by atoms with Crippen LogP contribution in [0, 0.1) is 6.92 Å². The summed E-state index contributed by atoms with van der Waals surface area (Å²) in [5.74, 6) is 0.355. The van der Waals surface area contributed by atoms with Gasteiger partial charge in [-0.1, -0.05) is 26.8 Å². The van der Waals surface area contributed by atoms with E-state index in [9.17, 15) is 9.59 Å². The van der Waals surface area contributed by atoms with E-state index in [2.05, 4.69) is 19.2 Å². The number of carbonyl (C=O) groups is 2. The van der Waals surface area contributed by atoms with Crippen molar-refractivity contribution in [3.05, 3.63) is 45.8 Å². The second kappa shape index (κ2) is 9.55. The number of esters is 1. The van der Waals surface area contributed by atoms with Crippen molar-refractivity contribution < 1.29 is 19.1 Å². The van der Waals surface area contributed by atoms with Gasteiger partial charge in [-0.15, -0.1) is 11.3 Å². The number of nitrogens with one attached hydrogen (secondary N) is 1. The smallest absolute Gasteiger partial charge is 0.341 e. The van der Waals surface area contributed by atoms with E-state index in [1.807, 2.05) is 32.0 Å². The van der Waals surface area contributed by atoms with Crippen molar-refractivity contribution in [2.75, 3.05) is 18.5 Å². The summed E-state index contributed by atoms with van der Waals surface area (Å²) in [5.41, 5.74) is 2.79. The second-order valence-corrected chi connectivity index (χ2v) is 7.68. The summed E-state index contributed by atoms with van der Waals surface area (Å²) in [7, 11) is 0. The van der Waals surface area contributed by atoms with Gasteiger partial charge < -0.3 is 14.8 Å². The lowest BCUT2D eigenvalue weighted by atomic mass is 9.98. The molecular weight excluding hydrogens is 362 g/mol. The summed E-state index contributed by atoms with van der Waals surface area (Å²) in [5, 5.41) is 3.28. The number of carbonyl (C=O) groups excluding carboxylic acids is 2. The molecule has 0 fully saturated rings. The van der Waals surface area contributed by atoms with Gasteiger partial charge >= 0.3 is 5.97 Å². The third-order valence-corrected chi connectivity index (χ3v) is 5.31. The first-order valence-corrected chi connectivity index (χ1v) is 10.00. The standard InChI is InChI=1S/C21H27NO4S/c1-6-16-11-18(21(24)25-7-2)20(27-16)22-19(23)12-26-15-8-9-17(13(3)4)14(5)10-15/h8-11,13H,6-7,12H2,1-5H3,(H,22,23). The summed E-state index contributed by atoms with van der Waals surface area (Å²) >= 11 is 1.38. The van der Waals surface area contributed by atoms with Crippen LogP contribution >= 0.6 is 11.3 Å². The van der Waals surface area contributed by atoms with Gasteiger partial charge in [0.15, 0.2) is 6.61 Å². The monoisotopic (exact) mass is 389 g/mol. The molecule has 0 aliphatic carbocycles. The summed E-state index contributed by atoms with van der Waals surface area (Å²) in [4.78, 5) is 25.4. The Morgan fingerprint density at radius 1 is 1.19 bits per heavy atom. The largest absolute Gasteiger partial charge is 0.484 e. The molecule has 0 aliphatic rings. The molecule has 0 bridgehead atoms. The van der Waals surface area contributed by atoms with E-state index < -0.39 is 5.97 Å². The molecule has 1 aromatic carbocycles. The molecule has 0 radical (unpaired) electrons. The zero-order valence-corrected chi connectivity index (χ0v) is 17.4. The number of anilines is 1. The minimum Gasteiger partial charge on any atom is -0.484 e. The van der Waals surface area contributed by atoms with Gasteiger partial charge in [0.2, 0.25) is 0 Å². The highest BCUT2D eigenvalue weighted by Gasteiger charge is 2.19. The Morgan fingerprint density at radius 2 is 1.93 bits per heavy atom. The molecular formula is C21H27NO4S. The molecule has 146 valence electrons. The molecule has 0 saturated heterocycles. The molecule has 0 atom stereocenters. The fraction of sp³-hybridized carbons (Fsp3) is 0.429. The summed E-state index contributed by atoms with van der Waals surface area (Å²) < 4.78 is 10.7. The van der Waals surface area contributed by atoms with Crippen LogP contribution in [-0.2, 0) is 16.0 Å². The van der Waals surface area contributed by atoms with E-state index in [0.717, 1.165) is 16.9 Å². The molecule has 1 amide bonds.